The molecule has 0 spiro atoms. The highest BCUT2D eigenvalue weighted by Gasteiger charge is 2.50. The van der Waals surface area contributed by atoms with Gasteiger partial charge in [0.2, 0.25) is 5.91 Å². The van der Waals surface area contributed by atoms with Crippen LogP contribution in [0.3, 0.4) is 0 Å². The first-order valence-electron chi connectivity index (χ1n) is 5.79. The van der Waals surface area contributed by atoms with Crippen LogP contribution in [0.25, 0.3) is 0 Å². The lowest BCUT2D eigenvalue weighted by Gasteiger charge is -2.21. The minimum Gasteiger partial charge on any atom is -0.396 e. The molecule has 2 atom stereocenters. The van der Waals surface area contributed by atoms with Crippen LogP contribution in [0.5, 0.6) is 0 Å². The van der Waals surface area contributed by atoms with Gasteiger partial charge in [-0.1, -0.05) is 27.7 Å². The Hall–Kier alpha value is -0.570. The molecule has 0 aliphatic heterocycles. The van der Waals surface area contributed by atoms with E-state index in [4.69, 9.17) is 5.11 Å². The summed E-state index contributed by atoms with van der Waals surface area (Å²) in [6, 6.07) is 0.110. The van der Waals surface area contributed by atoms with Crippen LogP contribution in [0.15, 0.2) is 0 Å². The zero-order valence-corrected chi connectivity index (χ0v) is 10.2. The summed E-state index contributed by atoms with van der Waals surface area (Å²) in [5.74, 6) is 0.715. The number of carbonyl (C=O) groups excluding carboxylic acids is 1. The van der Waals surface area contributed by atoms with Gasteiger partial charge in [-0.25, -0.2) is 0 Å². The van der Waals surface area contributed by atoms with Crippen molar-refractivity contribution in [1.82, 2.24) is 5.32 Å². The molecule has 88 valence electrons. The molecule has 0 bridgehead atoms. The van der Waals surface area contributed by atoms with Gasteiger partial charge in [-0.3, -0.25) is 4.79 Å². The summed E-state index contributed by atoms with van der Waals surface area (Å²) < 4.78 is 0. The predicted octanol–water partition coefficient (Wildman–Crippen LogP) is 1.56. The zero-order valence-electron chi connectivity index (χ0n) is 10.2. The minimum atomic E-state index is 0.110. The van der Waals surface area contributed by atoms with Crippen molar-refractivity contribution in [2.24, 2.45) is 17.3 Å². The quantitative estimate of drug-likeness (QED) is 0.728. The Morgan fingerprint density at radius 1 is 1.53 bits per heavy atom. The molecule has 0 aromatic rings. The van der Waals surface area contributed by atoms with Gasteiger partial charge in [-0.15, -0.1) is 0 Å². The molecule has 1 saturated carbocycles. The number of hydrogen-bond donors (Lipinski definition) is 2. The number of aliphatic hydroxyl groups excluding tert-OH is 1. The zero-order chi connectivity index (χ0) is 11.6. The maximum atomic E-state index is 11.8. The first kappa shape index (κ1) is 12.5. The Kier molecular flexibility index (Phi) is 3.77. The van der Waals surface area contributed by atoms with Crippen molar-refractivity contribution >= 4 is 5.91 Å². The maximum absolute atomic E-state index is 11.8. The third-order valence-electron chi connectivity index (χ3n) is 3.40. The highest BCUT2D eigenvalue weighted by Crippen LogP contribution is 2.51. The third-order valence-corrected chi connectivity index (χ3v) is 3.40. The molecule has 1 fully saturated rings. The number of amides is 1. The highest BCUT2D eigenvalue weighted by molar-refractivity contribution is 5.82. The van der Waals surface area contributed by atoms with Gasteiger partial charge in [0.15, 0.2) is 0 Å². The fourth-order valence-corrected chi connectivity index (χ4v) is 1.91. The summed E-state index contributed by atoms with van der Waals surface area (Å²) >= 11 is 0. The number of aliphatic hydroxyl groups is 1. The molecule has 2 N–H and O–H groups in total. The van der Waals surface area contributed by atoms with Crippen molar-refractivity contribution in [1.29, 1.82) is 0 Å². The average molecular weight is 213 g/mol. The maximum Gasteiger partial charge on any atom is 0.223 e. The molecule has 1 rings (SSSR count). The second kappa shape index (κ2) is 4.52. The summed E-state index contributed by atoms with van der Waals surface area (Å²) in [5.41, 5.74) is 0.185. The van der Waals surface area contributed by atoms with E-state index in [0.717, 1.165) is 6.42 Å². The molecule has 15 heavy (non-hydrogen) atoms. The second-order valence-corrected chi connectivity index (χ2v) is 5.62. The van der Waals surface area contributed by atoms with Gasteiger partial charge in [0, 0.05) is 18.6 Å². The molecule has 0 radical (unpaired) electrons. The van der Waals surface area contributed by atoms with E-state index in [9.17, 15) is 4.79 Å². The van der Waals surface area contributed by atoms with Crippen LogP contribution in [0.2, 0.25) is 0 Å². The standard InChI is InChI=1S/C12H23NO2/c1-8(2)10(5-6-14)13-11(15)9-7-12(9,3)4/h8-10,14H,5-7H2,1-4H3,(H,13,15). The van der Waals surface area contributed by atoms with Crippen LogP contribution < -0.4 is 5.32 Å². The highest BCUT2D eigenvalue weighted by atomic mass is 16.3. The lowest BCUT2D eigenvalue weighted by Crippen LogP contribution is -2.40. The molecule has 1 aliphatic rings. The van der Waals surface area contributed by atoms with E-state index in [0.29, 0.717) is 12.3 Å². The molecule has 1 aliphatic carbocycles. The van der Waals surface area contributed by atoms with Crippen molar-refractivity contribution in [3.05, 3.63) is 0 Å². The predicted molar refractivity (Wildman–Crippen MR) is 60.4 cm³/mol. The second-order valence-electron chi connectivity index (χ2n) is 5.62. The molecule has 0 heterocycles. The largest absolute Gasteiger partial charge is 0.396 e. The van der Waals surface area contributed by atoms with Crippen LogP contribution in [-0.2, 0) is 4.79 Å². The molecular weight excluding hydrogens is 190 g/mol. The van der Waals surface area contributed by atoms with E-state index in [1.165, 1.54) is 0 Å². The number of rotatable bonds is 5. The Morgan fingerprint density at radius 2 is 2.07 bits per heavy atom. The monoisotopic (exact) mass is 213 g/mol. The molecule has 3 heteroatoms. The topological polar surface area (TPSA) is 49.3 Å². The molecule has 3 nitrogen and oxygen atoms in total. The fourth-order valence-electron chi connectivity index (χ4n) is 1.91. The van der Waals surface area contributed by atoms with Crippen molar-refractivity contribution in [3.8, 4) is 0 Å². The third kappa shape index (κ3) is 3.20. The molecule has 2 unspecified atom stereocenters. The van der Waals surface area contributed by atoms with Crippen LogP contribution in [0.4, 0.5) is 0 Å². The van der Waals surface area contributed by atoms with Crippen molar-refractivity contribution in [3.63, 3.8) is 0 Å². The summed E-state index contributed by atoms with van der Waals surface area (Å²) in [6.45, 7) is 8.51. The lowest BCUT2D eigenvalue weighted by atomic mass is 10.0. The summed E-state index contributed by atoms with van der Waals surface area (Å²) in [6.07, 6.45) is 1.64. The Bertz CT molecular complexity index is 236. The van der Waals surface area contributed by atoms with Crippen molar-refractivity contribution in [2.45, 2.75) is 46.6 Å². The summed E-state index contributed by atoms with van der Waals surface area (Å²) in [4.78, 5) is 11.8. The van der Waals surface area contributed by atoms with Crippen molar-refractivity contribution in [2.75, 3.05) is 6.61 Å². The van der Waals surface area contributed by atoms with E-state index < -0.39 is 0 Å². The van der Waals surface area contributed by atoms with Gasteiger partial charge in [0.05, 0.1) is 0 Å². The molecule has 0 saturated heterocycles. The fraction of sp³-hybridized carbons (Fsp3) is 0.917. The average Bonchev–Trinajstić information content (AvgIpc) is 2.74. The van der Waals surface area contributed by atoms with E-state index in [1.54, 1.807) is 0 Å². The van der Waals surface area contributed by atoms with Gasteiger partial charge in [0.25, 0.3) is 0 Å². The van der Waals surface area contributed by atoms with E-state index in [-0.39, 0.29) is 29.9 Å². The first-order valence-corrected chi connectivity index (χ1v) is 5.79. The van der Waals surface area contributed by atoms with Gasteiger partial charge < -0.3 is 10.4 Å². The Labute approximate surface area is 92.3 Å². The SMILES string of the molecule is CC(C)C(CCO)NC(=O)C1CC1(C)C. The van der Waals surface area contributed by atoms with Crippen LogP contribution in [0.1, 0.15) is 40.5 Å². The van der Waals surface area contributed by atoms with Gasteiger partial charge >= 0.3 is 0 Å². The molecule has 0 aromatic heterocycles. The van der Waals surface area contributed by atoms with Crippen LogP contribution >= 0.6 is 0 Å². The van der Waals surface area contributed by atoms with E-state index in [2.05, 4.69) is 33.0 Å². The van der Waals surface area contributed by atoms with E-state index >= 15 is 0 Å². The Balaban J connectivity index is 2.42. The van der Waals surface area contributed by atoms with Gasteiger partial charge in [0.1, 0.15) is 0 Å². The van der Waals surface area contributed by atoms with Crippen LogP contribution in [0, 0.1) is 17.3 Å². The lowest BCUT2D eigenvalue weighted by molar-refractivity contribution is -0.124. The Morgan fingerprint density at radius 3 is 2.40 bits per heavy atom. The first-order chi connectivity index (χ1) is 6.88. The van der Waals surface area contributed by atoms with Gasteiger partial charge in [-0.05, 0) is 24.2 Å². The number of hydrogen-bond acceptors (Lipinski definition) is 2. The molecule has 0 aromatic carbocycles. The summed E-state index contributed by atoms with van der Waals surface area (Å²) in [5, 5.41) is 11.9. The van der Waals surface area contributed by atoms with Crippen molar-refractivity contribution < 1.29 is 9.90 Å². The summed E-state index contributed by atoms with van der Waals surface area (Å²) in [7, 11) is 0. The number of nitrogens with one attached hydrogen (secondary N) is 1. The normalized spacial score (nSPS) is 25.1. The van der Waals surface area contributed by atoms with Gasteiger partial charge in [-0.2, -0.15) is 0 Å². The van der Waals surface area contributed by atoms with Crippen LogP contribution in [-0.4, -0.2) is 23.7 Å². The minimum absolute atomic E-state index is 0.110. The molecule has 1 amide bonds. The smallest absolute Gasteiger partial charge is 0.223 e. The molecular formula is C12H23NO2. The number of carbonyl (C=O) groups is 1. The van der Waals surface area contributed by atoms with E-state index in [1.807, 2.05) is 0 Å².